The van der Waals surface area contributed by atoms with Crippen molar-refractivity contribution in [3.63, 3.8) is 0 Å². The van der Waals surface area contributed by atoms with Crippen LogP contribution in [-0.2, 0) is 9.53 Å². The first-order valence-electron chi connectivity index (χ1n) is 5.38. The molecule has 1 rings (SSSR count). The van der Waals surface area contributed by atoms with Crippen molar-refractivity contribution in [2.45, 2.75) is 38.1 Å². The zero-order valence-corrected chi connectivity index (χ0v) is 8.63. The number of carbonyl (C=O) groups is 1. The standard InChI is InChI=1S/C10H20N2O2/c11-10(13)3-1-2-6-12-9-4-7-14-8-5-9/h9,12H,1-8H2,(H2,11,13). The third-order valence-electron chi connectivity index (χ3n) is 2.50. The third kappa shape index (κ3) is 5.19. The minimum Gasteiger partial charge on any atom is -0.381 e. The Kier molecular flexibility index (Phi) is 5.56. The monoisotopic (exact) mass is 200 g/mol. The summed E-state index contributed by atoms with van der Waals surface area (Å²) < 4.78 is 5.26. The predicted octanol–water partition coefficient (Wildman–Crippen LogP) is 0.411. The van der Waals surface area contributed by atoms with Gasteiger partial charge in [-0.05, 0) is 32.2 Å². The average molecular weight is 200 g/mol. The Hall–Kier alpha value is -0.610. The molecular formula is C10H20N2O2. The second-order valence-corrected chi connectivity index (χ2v) is 3.76. The molecule has 1 fully saturated rings. The van der Waals surface area contributed by atoms with Crippen molar-refractivity contribution in [2.75, 3.05) is 19.8 Å². The highest BCUT2D eigenvalue weighted by molar-refractivity contribution is 5.73. The van der Waals surface area contributed by atoms with Crippen LogP contribution in [-0.4, -0.2) is 31.7 Å². The van der Waals surface area contributed by atoms with Crippen molar-refractivity contribution in [3.8, 4) is 0 Å². The lowest BCUT2D eigenvalue weighted by molar-refractivity contribution is -0.118. The van der Waals surface area contributed by atoms with Crippen molar-refractivity contribution < 1.29 is 9.53 Å². The van der Waals surface area contributed by atoms with Crippen LogP contribution in [0.3, 0.4) is 0 Å². The largest absolute Gasteiger partial charge is 0.381 e. The Morgan fingerprint density at radius 1 is 1.36 bits per heavy atom. The van der Waals surface area contributed by atoms with Gasteiger partial charge in [0, 0.05) is 25.7 Å². The molecule has 4 heteroatoms. The molecule has 0 atom stereocenters. The lowest BCUT2D eigenvalue weighted by Gasteiger charge is -2.23. The molecule has 0 aromatic carbocycles. The van der Waals surface area contributed by atoms with Crippen LogP contribution < -0.4 is 11.1 Å². The lowest BCUT2D eigenvalue weighted by Crippen LogP contribution is -2.35. The maximum Gasteiger partial charge on any atom is 0.217 e. The van der Waals surface area contributed by atoms with Crippen LogP contribution >= 0.6 is 0 Å². The van der Waals surface area contributed by atoms with Gasteiger partial charge in [0.2, 0.25) is 5.91 Å². The zero-order chi connectivity index (χ0) is 10.2. The van der Waals surface area contributed by atoms with Crippen molar-refractivity contribution in [1.29, 1.82) is 0 Å². The fraction of sp³-hybridized carbons (Fsp3) is 0.900. The number of nitrogens with two attached hydrogens (primary N) is 1. The van der Waals surface area contributed by atoms with Crippen LogP contribution in [0.15, 0.2) is 0 Å². The topological polar surface area (TPSA) is 64.4 Å². The number of carbonyl (C=O) groups excluding carboxylic acids is 1. The molecule has 1 heterocycles. The van der Waals surface area contributed by atoms with Crippen molar-refractivity contribution in [2.24, 2.45) is 5.73 Å². The van der Waals surface area contributed by atoms with Crippen molar-refractivity contribution in [1.82, 2.24) is 5.32 Å². The summed E-state index contributed by atoms with van der Waals surface area (Å²) in [5, 5.41) is 3.46. The molecular weight excluding hydrogens is 180 g/mol. The maximum absolute atomic E-state index is 10.4. The first-order chi connectivity index (χ1) is 6.79. The second-order valence-electron chi connectivity index (χ2n) is 3.76. The van der Waals surface area contributed by atoms with Gasteiger partial charge < -0.3 is 15.8 Å². The smallest absolute Gasteiger partial charge is 0.217 e. The van der Waals surface area contributed by atoms with Gasteiger partial charge in [-0.1, -0.05) is 0 Å². The van der Waals surface area contributed by atoms with Gasteiger partial charge in [0.05, 0.1) is 0 Å². The Morgan fingerprint density at radius 2 is 2.07 bits per heavy atom. The number of amides is 1. The molecule has 1 amide bonds. The lowest BCUT2D eigenvalue weighted by atomic mass is 10.1. The highest BCUT2D eigenvalue weighted by atomic mass is 16.5. The molecule has 3 N–H and O–H groups in total. The number of rotatable bonds is 6. The van der Waals surface area contributed by atoms with Gasteiger partial charge in [-0.2, -0.15) is 0 Å². The minimum atomic E-state index is -0.198. The average Bonchev–Trinajstić information content (AvgIpc) is 2.18. The van der Waals surface area contributed by atoms with E-state index in [0.29, 0.717) is 12.5 Å². The molecule has 4 nitrogen and oxygen atoms in total. The first kappa shape index (κ1) is 11.5. The van der Waals surface area contributed by atoms with Crippen LogP contribution in [0, 0.1) is 0 Å². The van der Waals surface area contributed by atoms with E-state index >= 15 is 0 Å². The molecule has 0 aliphatic carbocycles. The van der Waals surface area contributed by atoms with Gasteiger partial charge >= 0.3 is 0 Å². The van der Waals surface area contributed by atoms with Crippen LogP contribution in [0.5, 0.6) is 0 Å². The number of nitrogens with one attached hydrogen (secondary N) is 1. The molecule has 1 aliphatic rings. The van der Waals surface area contributed by atoms with Gasteiger partial charge in [0.1, 0.15) is 0 Å². The number of hydrogen-bond acceptors (Lipinski definition) is 3. The number of unbranched alkanes of at least 4 members (excludes halogenated alkanes) is 1. The van der Waals surface area contributed by atoms with E-state index in [0.717, 1.165) is 45.4 Å². The molecule has 0 aromatic heterocycles. The summed E-state index contributed by atoms with van der Waals surface area (Å²) in [7, 11) is 0. The molecule has 0 aromatic rings. The van der Waals surface area contributed by atoms with E-state index in [1.54, 1.807) is 0 Å². The van der Waals surface area contributed by atoms with E-state index in [-0.39, 0.29) is 5.91 Å². The number of ether oxygens (including phenoxy) is 1. The summed E-state index contributed by atoms with van der Waals surface area (Å²) in [5.74, 6) is -0.198. The molecule has 1 saturated heterocycles. The highest BCUT2D eigenvalue weighted by Crippen LogP contribution is 2.06. The van der Waals surface area contributed by atoms with Crippen molar-refractivity contribution in [3.05, 3.63) is 0 Å². The van der Waals surface area contributed by atoms with E-state index in [4.69, 9.17) is 10.5 Å². The first-order valence-corrected chi connectivity index (χ1v) is 5.38. The molecule has 0 bridgehead atoms. The summed E-state index contributed by atoms with van der Waals surface area (Å²) in [5.41, 5.74) is 5.04. The van der Waals surface area contributed by atoms with Crippen LogP contribution in [0.2, 0.25) is 0 Å². The molecule has 82 valence electrons. The summed E-state index contributed by atoms with van der Waals surface area (Å²) in [6.45, 7) is 2.73. The Morgan fingerprint density at radius 3 is 2.71 bits per heavy atom. The van der Waals surface area contributed by atoms with Crippen molar-refractivity contribution >= 4 is 5.91 Å². The summed E-state index contributed by atoms with van der Waals surface area (Å²) in [4.78, 5) is 10.4. The van der Waals surface area contributed by atoms with Gasteiger partial charge in [-0.3, -0.25) is 4.79 Å². The molecule has 0 unspecified atom stereocenters. The summed E-state index contributed by atoms with van der Waals surface area (Å²) >= 11 is 0. The summed E-state index contributed by atoms with van der Waals surface area (Å²) in [6, 6.07) is 0.609. The Balaban J connectivity index is 1.90. The molecule has 14 heavy (non-hydrogen) atoms. The molecule has 0 saturated carbocycles. The van der Waals surface area contributed by atoms with Crippen LogP contribution in [0.4, 0.5) is 0 Å². The van der Waals surface area contributed by atoms with Crippen LogP contribution in [0.1, 0.15) is 32.1 Å². The summed E-state index contributed by atoms with van der Waals surface area (Å²) in [6.07, 6.45) is 4.65. The number of hydrogen-bond donors (Lipinski definition) is 2. The Labute approximate surface area is 85.2 Å². The number of primary amides is 1. The van der Waals surface area contributed by atoms with E-state index in [2.05, 4.69) is 5.32 Å². The Bertz CT molecular complexity index is 168. The predicted molar refractivity (Wildman–Crippen MR) is 54.9 cm³/mol. The van der Waals surface area contributed by atoms with Gasteiger partial charge in [-0.25, -0.2) is 0 Å². The fourth-order valence-corrected chi connectivity index (χ4v) is 1.63. The molecule has 1 aliphatic heterocycles. The van der Waals surface area contributed by atoms with Crippen LogP contribution in [0.25, 0.3) is 0 Å². The molecule has 0 spiro atoms. The molecule has 0 radical (unpaired) electrons. The fourth-order valence-electron chi connectivity index (χ4n) is 1.63. The second kappa shape index (κ2) is 6.79. The SMILES string of the molecule is NC(=O)CCCCNC1CCOCC1. The van der Waals surface area contributed by atoms with E-state index in [9.17, 15) is 4.79 Å². The van der Waals surface area contributed by atoms with Gasteiger partial charge in [0.15, 0.2) is 0 Å². The third-order valence-corrected chi connectivity index (χ3v) is 2.50. The van der Waals surface area contributed by atoms with Gasteiger partial charge in [0.25, 0.3) is 0 Å². The zero-order valence-electron chi connectivity index (χ0n) is 8.63. The van der Waals surface area contributed by atoms with E-state index in [1.165, 1.54) is 0 Å². The van der Waals surface area contributed by atoms with E-state index < -0.39 is 0 Å². The maximum atomic E-state index is 10.4. The van der Waals surface area contributed by atoms with E-state index in [1.807, 2.05) is 0 Å². The normalized spacial score (nSPS) is 18.3. The minimum absolute atomic E-state index is 0.198. The van der Waals surface area contributed by atoms with Gasteiger partial charge in [-0.15, -0.1) is 0 Å². The highest BCUT2D eigenvalue weighted by Gasteiger charge is 2.11. The quantitative estimate of drug-likeness (QED) is 0.610.